The van der Waals surface area contributed by atoms with Crippen LogP contribution in [0.3, 0.4) is 0 Å². The molecular weight excluding hydrogens is 263 g/mol. The van der Waals surface area contributed by atoms with Gasteiger partial charge in [0.2, 0.25) is 5.88 Å². The molecule has 1 heterocycles. The van der Waals surface area contributed by atoms with Crippen molar-refractivity contribution in [3.8, 4) is 11.6 Å². The fraction of sp³-hybridized carbons (Fsp3) is 0.214. The van der Waals surface area contributed by atoms with Crippen LogP contribution in [-0.2, 0) is 6.42 Å². The maximum absolute atomic E-state index is 13.9. The Morgan fingerprint density at radius 2 is 1.95 bits per heavy atom. The van der Waals surface area contributed by atoms with E-state index in [1.54, 1.807) is 6.07 Å². The molecular formula is C14H13FN2O3. The Morgan fingerprint density at radius 1 is 1.15 bits per heavy atom. The number of methoxy groups -OCH3 is 2. The number of ether oxygens (including phenoxy) is 2. The number of carbonyl (C=O) groups excluding carboxylic acids is 1. The maximum atomic E-state index is 13.9. The Bertz CT molecular complexity index is 614. The molecule has 0 bridgehead atoms. The monoisotopic (exact) mass is 276 g/mol. The zero-order valence-electron chi connectivity index (χ0n) is 11.1. The van der Waals surface area contributed by atoms with Crippen LogP contribution >= 0.6 is 0 Å². The number of rotatable bonds is 5. The Hall–Kier alpha value is -2.50. The molecule has 0 N–H and O–H groups in total. The molecule has 104 valence electrons. The third-order valence-electron chi connectivity index (χ3n) is 2.75. The lowest BCUT2D eigenvalue weighted by Gasteiger charge is -2.06. The van der Waals surface area contributed by atoms with Crippen molar-refractivity contribution in [2.75, 3.05) is 14.2 Å². The molecule has 0 aliphatic heterocycles. The highest BCUT2D eigenvalue weighted by Gasteiger charge is 2.15. The summed E-state index contributed by atoms with van der Waals surface area (Å²) in [6.45, 7) is 0. The van der Waals surface area contributed by atoms with E-state index in [2.05, 4.69) is 10.2 Å². The van der Waals surface area contributed by atoms with Crippen LogP contribution in [0.5, 0.6) is 11.6 Å². The largest absolute Gasteiger partial charge is 0.494 e. The van der Waals surface area contributed by atoms with E-state index in [1.807, 2.05) is 0 Å². The molecule has 0 saturated heterocycles. The molecule has 2 aromatic rings. The van der Waals surface area contributed by atoms with Crippen LogP contribution in [0.25, 0.3) is 0 Å². The molecule has 0 saturated carbocycles. The van der Waals surface area contributed by atoms with Gasteiger partial charge < -0.3 is 9.47 Å². The number of benzene rings is 1. The fourth-order valence-corrected chi connectivity index (χ4v) is 1.69. The summed E-state index contributed by atoms with van der Waals surface area (Å²) >= 11 is 0. The molecule has 0 fully saturated rings. The summed E-state index contributed by atoms with van der Waals surface area (Å²) in [5.41, 5.74) is 0.417. The van der Waals surface area contributed by atoms with Crippen molar-refractivity contribution in [3.63, 3.8) is 0 Å². The quantitative estimate of drug-likeness (QED) is 0.782. The Kier molecular flexibility index (Phi) is 4.24. The van der Waals surface area contributed by atoms with E-state index in [-0.39, 0.29) is 29.2 Å². The topological polar surface area (TPSA) is 61.3 Å². The van der Waals surface area contributed by atoms with E-state index < -0.39 is 5.82 Å². The summed E-state index contributed by atoms with van der Waals surface area (Å²) in [5, 5.41) is 7.44. The molecule has 6 heteroatoms. The Morgan fingerprint density at radius 3 is 2.55 bits per heavy atom. The molecule has 20 heavy (non-hydrogen) atoms. The van der Waals surface area contributed by atoms with Gasteiger partial charge in [0.15, 0.2) is 17.3 Å². The van der Waals surface area contributed by atoms with Crippen LogP contribution in [0, 0.1) is 5.82 Å². The molecule has 0 atom stereocenters. The molecule has 0 amide bonds. The Balaban J connectivity index is 2.18. The van der Waals surface area contributed by atoms with Crippen molar-refractivity contribution < 1.29 is 18.7 Å². The van der Waals surface area contributed by atoms with E-state index in [4.69, 9.17) is 9.47 Å². The minimum atomic E-state index is -0.537. The lowest BCUT2D eigenvalue weighted by Crippen LogP contribution is -2.09. The minimum Gasteiger partial charge on any atom is -0.494 e. The van der Waals surface area contributed by atoms with E-state index in [0.29, 0.717) is 5.88 Å². The smallest absolute Gasteiger partial charge is 0.233 e. The van der Waals surface area contributed by atoms with Gasteiger partial charge in [-0.25, -0.2) is 4.39 Å². The molecule has 0 spiro atoms. The zero-order chi connectivity index (χ0) is 14.5. The molecule has 1 aromatic heterocycles. The van der Waals surface area contributed by atoms with Crippen molar-refractivity contribution >= 4 is 5.78 Å². The number of nitrogens with zero attached hydrogens (tertiary/aromatic N) is 2. The number of aromatic nitrogens is 2. The van der Waals surface area contributed by atoms with Gasteiger partial charge in [-0.05, 0) is 17.7 Å². The summed E-state index contributed by atoms with van der Waals surface area (Å²) in [6, 6.07) is 7.68. The Labute approximate surface area is 115 Å². The molecule has 2 rings (SSSR count). The standard InChI is InChI=1S/C14H13FN2O3/c1-19-12-5-3-4-9(14(12)15)8-11(18)10-6-7-13(20-2)17-16-10/h3-7H,8H2,1-2H3. The van der Waals surface area contributed by atoms with Crippen LogP contribution in [0.15, 0.2) is 30.3 Å². The van der Waals surface area contributed by atoms with Crippen molar-refractivity contribution in [1.82, 2.24) is 10.2 Å². The fourth-order valence-electron chi connectivity index (χ4n) is 1.69. The van der Waals surface area contributed by atoms with Crippen LogP contribution < -0.4 is 9.47 Å². The summed E-state index contributed by atoms with van der Waals surface area (Å²) < 4.78 is 23.7. The van der Waals surface area contributed by atoms with Crippen LogP contribution in [0.4, 0.5) is 4.39 Å². The van der Waals surface area contributed by atoms with Crippen LogP contribution in [-0.4, -0.2) is 30.2 Å². The number of Topliss-reactive ketones (excluding diaryl/α,β-unsaturated/α-hetero) is 1. The lowest BCUT2D eigenvalue weighted by molar-refractivity contribution is 0.0985. The first-order valence-electron chi connectivity index (χ1n) is 5.88. The van der Waals surface area contributed by atoms with E-state index in [0.717, 1.165) is 0 Å². The normalized spacial score (nSPS) is 10.2. The third-order valence-corrected chi connectivity index (χ3v) is 2.75. The summed E-state index contributed by atoms with van der Waals surface area (Å²) in [5.74, 6) is -0.442. The summed E-state index contributed by atoms with van der Waals surface area (Å²) in [4.78, 5) is 12.0. The van der Waals surface area contributed by atoms with Gasteiger partial charge in [0, 0.05) is 12.5 Å². The maximum Gasteiger partial charge on any atom is 0.233 e. The van der Waals surface area contributed by atoms with Gasteiger partial charge in [-0.3, -0.25) is 4.79 Å². The van der Waals surface area contributed by atoms with Gasteiger partial charge in [-0.15, -0.1) is 10.2 Å². The van der Waals surface area contributed by atoms with Gasteiger partial charge >= 0.3 is 0 Å². The molecule has 5 nitrogen and oxygen atoms in total. The van der Waals surface area contributed by atoms with Crippen molar-refractivity contribution in [3.05, 3.63) is 47.4 Å². The first kappa shape index (κ1) is 13.9. The van der Waals surface area contributed by atoms with Gasteiger partial charge in [0.05, 0.1) is 14.2 Å². The van der Waals surface area contributed by atoms with E-state index in [1.165, 1.54) is 38.5 Å². The van der Waals surface area contributed by atoms with E-state index >= 15 is 0 Å². The first-order chi connectivity index (χ1) is 9.65. The second-order valence-corrected chi connectivity index (χ2v) is 3.99. The van der Waals surface area contributed by atoms with Crippen molar-refractivity contribution in [2.45, 2.75) is 6.42 Å². The molecule has 0 aliphatic carbocycles. The van der Waals surface area contributed by atoms with Gasteiger partial charge in [0.25, 0.3) is 0 Å². The van der Waals surface area contributed by atoms with Gasteiger partial charge in [-0.1, -0.05) is 12.1 Å². The zero-order valence-corrected chi connectivity index (χ0v) is 11.1. The third kappa shape index (κ3) is 2.90. The number of halogens is 1. The highest BCUT2D eigenvalue weighted by atomic mass is 19.1. The predicted molar refractivity (Wildman–Crippen MR) is 69.6 cm³/mol. The average molecular weight is 276 g/mol. The lowest BCUT2D eigenvalue weighted by atomic mass is 10.1. The number of carbonyl (C=O) groups is 1. The number of hydrogen-bond donors (Lipinski definition) is 0. The summed E-state index contributed by atoms with van der Waals surface area (Å²) in [7, 11) is 2.83. The predicted octanol–water partition coefficient (Wildman–Crippen LogP) is 2.06. The molecule has 0 radical (unpaired) electrons. The summed E-state index contributed by atoms with van der Waals surface area (Å²) in [6.07, 6.45) is -0.107. The molecule has 0 aliphatic rings. The minimum absolute atomic E-state index is 0.107. The molecule has 1 aromatic carbocycles. The van der Waals surface area contributed by atoms with Gasteiger partial charge in [0.1, 0.15) is 5.69 Å². The van der Waals surface area contributed by atoms with Crippen molar-refractivity contribution in [2.24, 2.45) is 0 Å². The number of ketones is 1. The van der Waals surface area contributed by atoms with Crippen LogP contribution in [0.1, 0.15) is 16.1 Å². The van der Waals surface area contributed by atoms with Crippen molar-refractivity contribution in [1.29, 1.82) is 0 Å². The van der Waals surface area contributed by atoms with E-state index in [9.17, 15) is 9.18 Å². The van der Waals surface area contributed by atoms with Gasteiger partial charge in [-0.2, -0.15) is 0 Å². The second kappa shape index (κ2) is 6.10. The SMILES string of the molecule is COc1ccc(C(=O)Cc2cccc(OC)c2F)nn1. The first-order valence-corrected chi connectivity index (χ1v) is 5.88. The average Bonchev–Trinajstić information content (AvgIpc) is 2.49. The second-order valence-electron chi connectivity index (χ2n) is 3.99. The molecule has 0 unspecified atom stereocenters. The highest BCUT2D eigenvalue weighted by molar-refractivity contribution is 5.95. The van der Waals surface area contributed by atoms with Crippen LogP contribution in [0.2, 0.25) is 0 Å². The number of hydrogen-bond acceptors (Lipinski definition) is 5. The highest BCUT2D eigenvalue weighted by Crippen LogP contribution is 2.21.